The predicted octanol–water partition coefficient (Wildman–Crippen LogP) is 1.39. The molecule has 0 spiro atoms. The fraction of sp³-hybridized carbons (Fsp3) is 1.00. The summed E-state index contributed by atoms with van der Waals surface area (Å²) < 4.78 is 0. The van der Waals surface area contributed by atoms with Crippen LogP contribution in [0.3, 0.4) is 0 Å². The molecule has 1 aliphatic carbocycles. The van der Waals surface area contributed by atoms with E-state index >= 15 is 0 Å². The van der Waals surface area contributed by atoms with Gasteiger partial charge in [0, 0.05) is 6.04 Å². The minimum atomic E-state index is 0.607. The van der Waals surface area contributed by atoms with Crippen LogP contribution in [0.1, 0.15) is 27.2 Å². The Balaban J connectivity index is 2.17. The summed E-state index contributed by atoms with van der Waals surface area (Å²) in [6, 6.07) is 0.812. The van der Waals surface area contributed by atoms with Gasteiger partial charge in [-0.05, 0) is 18.4 Å². The van der Waals surface area contributed by atoms with Crippen LogP contribution in [0.4, 0.5) is 0 Å². The lowest BCUT2D eigenvalue weighted by Gasteiger charge is -2.01. The summed E-state index contributed by atoms with van der Waals surface area (Å²) in [5, 5.41) is 3.41. The Bertz CT molecular complexity index is 86.4. The van der Waals surface area contributed by atoms with Crippen molar-refractivity contribution in [3.05, 3.63) is 0 Å². The lowest BCUT2D eigenvalue weighted by Crippen LogP contribution is -2.19. The van der Waals surface area contributed by atoms with Crippen LogP contribution in [0.2, 0.25) is 0 Å². The van der Waals surface area contributed by atoms with Crippen LogP contribution in [-0.4, -0.2) is 12.6 Å². The molecule has 0 aromatic rings. The van der Waals surface area contributed by atoms with E-state index in [1.807, 2.05) is 0 Å². The SMILES string of the molecule is CCN[C@H]1CC1(C)C. The van der Waals surface area contributed by atoms with Crippen LogP contribution in [-0.2, 0) is 0 Å². The Hall–Kier alpha value is -0.0400. The molecule has 0 saturated heterocycles. The van der Waals surface area contributed by atoms with Crippen molar-refractivity contribution < 1.29 is 0 Å². The van der Waals surface area contributed by atoms with E-state index in [-0.39, 0.29) is 0 Å². The second kappa shape index (κ2) is 1.73. The highest BCUT2D eigenvalue weighted by Gasteiger charge is 2.44. The van der Waals surface area contributed by atoms with E-state index < -0.39 is 0 Å². The Morgan fingerprint density at radius 3 is 2.25 bits per heavy atom. The average Bonchev–Trinajstić information content (AvgIpc) is 2.15. The molecule has 0 aromatic heterocycles. The number of rotatable bonds is 2. The van der Waals surface area contributed by atoms with Crippen molar-refractivity contribution >= 4 is 0 Å². The molecule has 48 valence electrons. The van der Waals surface area contributed by atoms with Crippen molar-refractivity contribution in [3.63, 3.8) is 0 Å². The summed E-state index contributed by atoms with van der Waals surface area (Å²) in [6.45, 7) is 7.89. The van der Waals surface area contributed by atoms with Gasteiger partial charge in [0.2, 0.25) is 0 Å². The van der Waals surface area contributed by atoms with Gasteiger partial charge < -0.3 is 5.32 Å². The molecule has 0 aliphatic heterocycles. The van der Waals surface area contributed by atoms with Gasteiger partial charge in [-0.2, -0.15) is 0 Å². The van der Waals surface area contributed by atoms with E-state index in [0.717, 1.165) is 12.6 Å². The molecule has 0 radical (unpaired) electrons. The van der Waals surface area contributed by atoms with E-state index in [1.165, 1.54) is 6.42 Å². The van der Waals surface area contributed by atoms with Crippen molar-refractivity contribution in [2.24, 2.45) is 5.41 Å². The van der Waals surface area contributed by atoms with Gasteiger partial charge in [-0.1, -0.05) is 20.8 Å². The molecule has 1 atom stereocenters. The molecule has 0 amide bonds. The zero-order valence-electron chi connectivity index (χ0n) is 5.99. The minimum Gasteiger partial charge on any atom is -0.314 e. The summed E-state index contributed by atoms with van der Waals surface area (Å²) >= 11 is 0. The molecule has 0 aromatic carbocycles. The summed E-state index contributed by atoms with van der Waals surface area (Å²) in [7, 11) is 0. The number of hydrogen-bond donors (Lipinski definition) is 1. The summed E-state index contributed by atoms with van der Waals surface area (Å²) in [4.78, 5) is 0. The lowest BCUT2D eigenvalue weighted by atomic mass is 10.2. The molecule has 1 heteroatoms. The maximum Gasteiger partial charge on any atom is 0.0124 e. The van der Waals surface area contributed by atoms with E-state index in [2.05, 4.69) is 26.1 Å². The van der Waals surface area contributed by atoms with Crippen molar-refractivity contribution in [3.8, 4) is 0 Å². The highest BCUT2D eigenvalue weighted by molar-refractivity contribution is 5.00. The second-order valence-corrected chi connectivity index (χ2v) is 3.30. The summed E-state index contributed by atoms with van der Waals surface area (Å²) in [5.74, 6) is 0. The third-order valence-corrected chi connectivity index (χ3v) is 1.96. The van der Waals surface area contributed by atoms with E-state index in [9.17, 15) is 0 Å². The quantitative estimate of drug-likeness (QED) is 0.570. The van der Waals surface area contributed by atoms with Crippen molar-refractivity contribution in [1.82, 2.24) is 5.32 Å². The van der Waals surface area contributed by atoms with Crippen molar-refractivity contribution in [2.45, 2.75) is 33.2 Å². The molecule has 1 N–H and O–H groups in total. The molecule has 0 bridgehead atoms. The standard InChI is InChI=1S/C7H15N/c1-4-8-6-5-7(6,2)3/h6,8H,4-5H2,1-3H3/t6-/m0/s1. The third-order valence-electron chi connectivity index (χ3n) is 1.96. The van der Waals surface area contributed by atoms with Crippen LogP contribution in [0, 0.1) is 5.41 Å². The topological polar surface area (TPSA) is 12.0 Å². The van der Waals surface area contributed by atoms with Crippen LogP contribution in [0.5, 0.6) is 0 Å². The molecule has 8 heavy (non-hydrogen) atoms. The van der Waals surface area contributed by atoms with Gasteiger partial charge in [0.15, 0.2) is 0 Å². The Kier molecular flexibility index (Phi) is 1.31. The van der Waals surface area contributed by atoms with Gasteiger partial charge >= 0.3 is 0 Å². The fourth-order valence-electron chi connectivity index (χ4n) is 1.06. The monoisotopic (exact) mass is 113 g/mol. The van der Waals surface area contributed by atoms with Crippen LogP contribution >= 0.6 is 0 Å². The Morgan fingerprint density at radius 1 is 1.62 bits per heavy atom. The Morgan fingerprint density at radius 2 is 2.12 bits per heavy atom. The normalized spacial score (nSPS) is 32.6. The maximum absolute atomic E-state index is 3.41. The molecule has 1 saturated carbocycles. The second-order valence-electron chi connectivity index (χ2n) is 3.30. The van der Waals surface area contributed by atoms with E-state index in [4.69, 9.17) is 0 Å². The fourth-order valence-corrected chi connectivity index (χ4v) is 1.06. The van der Waals surface area contributed by atoms with Gasteiger partial charge in [-0.25, -0.2) is 0 Å². The van der Waals surface area contributed by atoms with E-state index in [1.54, 1.807) is 0 Å². The van der Waals surface area contributed by atoms with Gasteiger partial charge in [0.25, 0.3) is 0 Å². The molecule has 0 unspecified atom stereocenters. The molecule has 1 nitrogen and oxygen atoms in total. The predicted molar refractivity (Wildman–Crippen MR) is 35.9 cm³/mol. The number of nitrogens with one attached hydrogen (secondary N) is 1. The van der Waals surface area contributed by atoms with Crippen LogP contribution < -0.4 is 5.32 Å². The summed E-state index contributed by atoms with van der Waals surface area (Å²) in [6.07, 6.45) is 1.36. The van der Waals surface area contributed by atoms with Crippen LogP contribution in [0.25, 0.3) is 0 Å². The molecular weight excluding hydrogens is 98.1 g/mol. The maximum atomic E-state index is 3.41. The lowest BCUT2D eigenvalue weighted by molar-refractivity contribution is 0.553. The highest BCUT2D eigenvalue weighted by Crippen LogP contribution is 2.44. The van der Waals surface area contributed by atoms with Crippen molar-refractivity contribution in [1.29, 1.82) is 0 Å². The first-order valence-electron chi connectivity index (χ1n) is 3.40. The van der Waals surface area contributed by atoms with Gasteiger partial charge in [-0.15, -0.1) is 0 Å². The van der Waals surface area contributed by atoms with Crippen molar-refractivity contribution in [2.75, 3.05) is 6.54 Å². The smallest absolute Gasteiger partial charge is 0.0124 e. The number of hydrogen-bond acceptors (Lipinski definition) is 1. The van der Waals surface area contributed by atoms with Gasteiger partial charge in [0.05, 0.1) is 0 Å². The zero-order chi connectivity index (χ0) is 6.20. The van der Waals surface area contributed by atoms with E-state index in [0.29, 0.717) is 5.41 Å². The first-order valence-corrected chi connectivity index (χ1v) is 3.40. The molecule has 1 aliphatic rings. The van der Waals surface area contributed by atoms with Gasteiger partial charge in [0.1, 0.15) is 0 Å². The highest BCUT2D eigenvalue weighted by atomic mass is 15.0. The largest absolute Gasteiger partial charge is 0.314 e. The first-order chi connectivity index (χ1) is 3.67. The zero-order valence-corrected chi connectivity index (χ0v) is 5.99. The average molecular weight is 113 g/mol. The minimum absolute atomic E-state index is 0.607. The molecule has 1 fully saturated rings. The molecule has 0 heterocycles. The Labute approximate surface area is 51.5 Å². The van der Waals surface area contributed by atoms with Crippen LogP contribution in [0.15, 0.2) is 0 Å². The molecular formula is C7H15N. The van der Waals surface area contributed by atoms with Gasteiger partial charge in [-0.3, -0.25) is 0 Å². The first kappa shape index (κ1) is 6.09. The molecule has 1 rings (SSSR count). The third kappa shape index (κ3) is 1.03. The summed E-state index contributed by atoms with van der Waals surface area (Å²) in [5.41, 5.74) is 0.607.